The highest BCUT2D eigenvalue weighted by atomic mass is 32.2. The average molecular weight is 277 g/mol. The molecule has 0 bridgehead atoms. The van der Waals surface area contributed by atoms with Crippen molar-refractivity contribution >= 4 is 16.3 Å². The fourth-order valence-electron chi connectivity index (χ4n) is 0.717. The molecule has 0 aromatic rings. The minimum Gasteiger partial charge on any atom is -0.461 e. The maximum Gasteiger partial charge on any atom is 0.475 e. The van der Waals surface area contributed by atoms with Crippen LogP contribution in [0.2, 0.25) is 0 Å². The first kappa shape index (κ1) is 15.9. The summed E-state index contributed by atoms with van der Waals surface area (Å²) in [6, 6.07) is 0. The van der Waals surface area contributed by atoms with Gasteiger partial charge in [0.1, 0.15) is 6.61 Å². The van der Waals surface area contributed by atoms with Gasteiger partial charge in [-0.05, 0) is 6.92 Å². The Morgan fingerprint density at radius 3 is 2.24 bits per heavy atom. The number of rotatable bonds is 5. The molecule has 0 aromatic carbocycles. The van der Waals surface area contributed by atoms with Crippen LogP contribution < -0.4 is 0 Å². The number of ether oxygens (including phenoxy) is 1. The first-order valence-corrected chi connectivity index (χ1v) is 5.50. The summed E-state index contributed by atoms with van der Waals surface area (Å²) in [7, 11) is -5.45. The van der Waals surface area contributed by atoms with Gasteiger partial charge in [0.25, 0.3) is 0 Å². The van der Waals surface area contributed by atoms with Crippen LogP contribution in [0.15, 0.2) is 12.2 Å². The molecular weight excluding hydrogens is 267 g/mol. The molecule has 0 unspecified atom stereocenters. The summed E-state index contributed by atoms with van der Waals surface area (Å²) >= 11 is 0. The van der Waals surface area contributed by atoms with E-state index in [1.54, 1.807) is 0 Å². The Morgan fingerprint density at radius 1 is 1.47 bits per heavy atom. The zero-order valence-corrected chi connectivity index (χ0v) is 9.51. The van der Waals surface area contributed by atoms with E-state index in [-0.39, 0.29) is 5.57 Å². The molecule has 0 saturated carbocycles. The van der Waals surface area contributed by atoms with Crippen LogP contribution in [-0.4, -0.2) is 42.7 Å². The van der Waals surface area contributed by atoms with E-state index in [1.807, 2.05) is 0 Å². The van der Waals surface area contributed by atoms with Gasteiger partial charge in [0.15, 0.2) is 0 Å². The van der Waals surface area contributed by atoms with Gasteiger partial charge in [-0.25, -0.2) is 4.79 Å². The van der Waals surface area contributed by atoms with Crippen molar-refractivity contribution in [1.29, 1.82) is 0 Å². The minimum absolute atomic E-state index is 0.0459. The summed E-state index contributed by atoms with van der Waals surface area (Å²) in [6.07, 6.45) is -5.29. The Labute approximate surface area is 95.5 Å². The Balaban J connectivity index is 4.51. The SMILES string of the molecule is C=C(C)C(=O)OCCN(C(F)(F)F)S(=O)(=O)O. The molecule has 100 valence electrons. The van der Waals surface area contributed by atoms with Crippen molar-refractivity contribution in [3.8, 4) is 0 Å². The maximum absolute atomic E-state index is 12.1. The molecule has 0 aliphatic carbocycles. The Morgan fingerprint density at radius 2 is 1.94 bits per heavy atom. The van der Waals surface area contributed by atoms with Gasteiger partial charge >= 0.3 is 22.6 Å². The number of carbonyl (C=O) groups is 1. The van der Waals surface area contributed by atoms with Gasteiger partial charge in [-0.2, -0.15) is 21.6 Å². The summed E-state index contributed by atoms with van der Waals surface area (Å²) in [4.78, 5) is 10.8. The Kier molecular flexibility index (Phi) is 5.11. The third-order valence-electron chi connectivity index (χ3n) is 1.44. The molecule has 6 nitrogen and oxygen atoms in total. The number of hydrogen-bond donors (Lipinski definition) is 1. The van der Waals surface area contributed by atoms with Crippen LogP contribution in [0, 0.1) is 0 Å². The van der Waals surface area contributed by atoms with Crippen molar-refractivity contribution in [3.63, 3.8) is 0 Å². The maximum atomic E-state index is 12.1. The molecule has 0 radical (unpaired) electrons. The van der Waals surface area contributed by atoms with Gasteiger partial charge < -0.3 is 4.74 Å². The number of carbonyl (C=O) groups excluding carboxylic acids is 1. The molecule has 0 heterocycles. The standard InChI is InChI=1S/C7H10F3NO5S/c1-5(2)6(12)16-4-3-11(7(8,9)10)17(13,14)15/h1,3-4H2,2H3,(H,13,14,15). The molecule has 10 heteroatoms. The van der Waals surface area contributed by atoms with Crippen LogP contribution in [0.5, 0.6) is 0 Å². The molecule has 0 atom stereocenters. The highest BCUT2D eigenvalue weighted by Gasteiger charge is 2.45. The second kappa shape index (κ2) is 5.47. The van der Waals surface area contributed by atoms with Crippen molar-refractivity contribution in [2.75, 3.05) is 13.2 Å². The number of alkyl halides is 3. The Bertz CT molecular complexity index is 402. The second-order valence-electron chi connectivity index (χ2n) is 2.93. The van der Waals surface area contributed by atoms with E-state index >= 15 is 0 Å². The van der Waals surface area contributed by atoms with Crippen LogP contribution in [-0.2, 0) is 19.8 Å². The lowest BCUT2D eigenvalue weighted by Gasteiger charge is -2.20. The first-order valence-electron chi connectivity index (χ1n) is 4.11. The number of nitrogens with zero attached hydrogens (tertiary/aromatic N) is 1. The summed E-state index contributed by atoms with van der Waals surface area (Å²) in [6.45, 7) is 2.35. The minimum atomic E-state index is -5.45. The van der Waals surface area contributed by atoms with E-state index in [9.17, 15) is 26.4 Å². The molecule has 0 aromatic heterocycles. The molecule has 0 rings (SSSR count). The van der Waals surface area contributed by atoms with E-state index in [2.05, 4.69) is 11.3 Å². The summed E-state index contributed by atoms with van der Waals surface area (Å²) in [5.74, 6) is -0.956. The Hall–Kier alpha value is -1.13. The summed E-state index contributed by atoms with van der Waals surface area (Å²) in [5, 5.41) is 0. The van der Waals surface area contributed by atoms with Gasteiger partial charge in [0.2, 0.25) is 0 Å². The lowest BCUT2D eigenvalue weighted by atomic mass is 10.4. The van der Waals surface area contributed by atoms with Crippen LogP contribution in [0.1, 0.15) is 6.92 Å². The monoisotopic (exact) mass is 277 g/mol. The third-order valence-corrected chi connectivity index (χ3v) is 2.38. The largest absolute Gasteiger partial charge is 0.475 e. The fraction of sp³-hybridized carbons (Fsp3) is 0.571. The number of esters is 1. The molecule has 1 N–H and O–H groups in total. The smallest absolute Gasteiger partial charge is 0.461 e. The van der Waals surface area contributed by atoms with E-state index in [1.165, 1.54) is 6.92 Å². The molecule has 0 aliphatic rings. The zero-order chi connectivity index (χ0) is 13.9. The van der Waals surface area contributed by atoms with E-state index in [4.69, 9.17) is 4.55 Å². The van der Waals surface area contributed by atoms with E-state index < -0.39 is 40.0 Å². The lowest BCUT2D eigenvalue weighted by molar-refractivity contribution is -0.214. The van der Waals surface area contributed by atoms with Crippen molar-refractivity contribution < 1.29 is 35.7 Å². The van der Waals surface area contributed by atoms with Crippen molar-refractivity contribution in [2.45, 2.75) is 13.2 Å². The lowest BCUT2D eigenvalue weighted by Crippen LogP contribution is -2.44. The highest BCUT2D eigenvalue weighted by Crippen LogP contribution is 2.23. The molecule has 0 fully saturated rings. The van der Waals surface area contributed by atoms with Crippen molar-refractivity contribution in [1.82, 2.24) is 4.31 Å². The molecule has 0 spiro atoms. The zero-order valence-electron chi connectivity index (χ0n) is 8.69. The predicted octanol–water partition coefficient (Wildman–Crippen LogP) is 0.730. The molecule has 0 aliphatic heterocycles. The highest BCUT2D eigenvalue weighted by molar-refractivity contribution is 7.83. The number of halogens is 3. The molecule has 0 amide bonds. The van der Waals surface area contributed by atoms with Gasteiger partial charge in [-0.1, -0.05) is 10.9 Å². The molecule has 17 heavy (non-hydrogen) atoms. The predicted molar refractivity (Wildman–Crippen MR) is 50.1 cm³/mol. The third kappa shape index (κ3) is 5.65. The molecular formula is C7H10F3NO5S. The number of hydrogen-bond acceptors (Lipinski definition) is 4. The van der Waals surface area contributed by atoms with Gasteiger partial charge in [-0.15, -0.1) is 0 Å². The van der Waals surface area contributed by atoms with Gasteiger partial charge in [0, 0.05) is 5.57 Å². The van der Waals surface area contributed by atoms with E-state index in [0.29, 0.717) is 0 Å². The topological polar surface area (TPSA) is 83.9 Å². The fourth-order valence-corrected chi connectivity index (χ4v) is 1.28. The van der Waals surface area contributed by atoms with Crippen LogP contribution in [0.4, 0.5) is 13.2 Å². The first-order chi connectivity index (χ1) is 7.46. The second-order valence-corrected chi connectivity index (χ2v) is 4.27. The average Bonchev–Trinajstić information content (AvgIpc) is 2.07. The van der Waals surface area contributed by atoms with Crippen LogP contribution in [0.25, 0.3) is 0 Å². The normalized spacial score (nSPS) is 12.6. The summed E-state index contributed by atoms with van der Waals surface area (Å²) < 4.78 is 68.6. The quantitative estimate of drug-likeness (QED) is 0.346. The van der Waals surface area contributed by atoms with Gasteiger partial charge in [-0.3, -0.25) is 4.55 Å². The van der Waals surface area contributed by atoms with Crippen molar-refractivity contribution in [3.05, 3.63) is 12.2 Å². The van der Waals surface area contributed by atoms with Crippen molar-refractivity contribution in [2.24, 2.45) is 0 Å². The van der Waals surface area contributed by atoms with Crippen LogP contribution >= 0.6 is 0 Å². The molecule has 0 saturated heterocycles. The van der Waals surface area contributed by atoms with Gasteiger partial charge in [0.05, 0.1) is 6.54 Å². The summed E-state index contributed by atoms with van der Waals surface area (Å²) in [5.41, 5.74) is -0.0459. The van der Waals surface area contributed by atoms with Crippen LogP contribution in [0.3, 0.4) is 0 Å². The van der Waals surface area contributed by atoms with E-state index in [0.717, 1.165) is 0 Å².